The van der Waals surface area contributed by atoms with E-state index in [4.69, 9.17) is 0 Å². The van der Waals surface area contributed by atoms with Crippen LogP contribution in [0.4, 0.5) is 0 Å². The Bertz CT molecular complexity index is 359. The minimum absolute atomic E-state index is 0.249. The second-order valence-corrected chi connectivity index (χ2v) is 4.51. The van der Waals surface area contributed by atoms with E-state index in [0.717, 1.165) is 31.7 Å². The van der Waals surface area contributed by atoms with Gasteiger partial charge in [-0.05, 0) is 38.1 Å². The van der Waals surface area contributed by atoms with Gasteiger partial charge >= 0.3 is 0 Å². The zero-order valence-corrected chi connectivity index (χ0v) is 9.84. The zero-order valence-electron chi connectivity index (χ0n) is 9.84. The molecular formula is C13H17N2O2-. The van der Waals surface area contributed by atoms with Gasteiger partial charge in [0, 0.05) is 36.7 Å². The Hall–Kier alpha value is -1.42. The standard InChI is InChI=1S/C13H18N2O2/c16-13(17)11-4-8-15(9-5-11)10-6-12-3-1-2-7-14-12/h1-3,7,11H,4-6,8-10H2,(H,16,17)/p-1. The molecule has 1 aromatic heterocycles. The molecule has 1 fully saturated rings. The Kier molecular flexibility index (Phi) is 4.09. The van der Waals surface area contributed by atoms with Gasteiger partial charge in [-0.1, -0.05) is 6.07 Å². The Labute approximate surface area is 101 Å². The first kappa shape index (κ1) is 12.0. The number of aromatic nitrogens is 1. The monoisotopic (exact) mass is 233 g/mol. The summed E-state index contributed by atoms with van der Waals surface area (Å²) in [6, 6.07) is 5.92. The normalized spacial score (nSPS) is 18.1. The third kappa shape index (κ3) is 3.53. The number of carbonyl (C=O) groups excluding carboxylic acids is 1. The van der Waals surface area contributed by atoms with Crippen LogP contribution in [0.15, 0.2) is 24.4 Å². The summed E-state index contributed by atoms with van der Waals surface area (Å²) in [6.45, 7) is 2.66. The van der Waals surface area contributed by atoms with Crippen molar-refractivity contribution < 1.29 is 9.90 Å². The molecule has 17 heavy (non-hydrogen) atoms. The SMILES string of the molecule is O=C([O-])C1CCN(CCc2ccccn2)CC1. The third-order valence-corrected chi connectivity index (χ3v) is 3.33. The molecule has 1 aliphatic rings. The largest absolute Gasteiger partial charge is 0.550 e. The van der Waals surface area contributed by atoms with Crippen LogP contribution in [0.2, 0.25) is 0 Å². The topological polar surface area (TPSA) is 56.3 Å². The molecule has 0 N–H and O–H groups in total. The molecule has 0 saturated carbocycles. The molecule has 0 aliphatic carbocycles. The van der Waals surface area contributed by atoms with E-state index in [9.17, 15) is 9.90 Å². The first-order valence-electron chi connectivity index (χ1n) is 6.09. The van der Waals surface area contributed by atoms with Crippen molar-refractivity contribution >= 4 is 5.97 Å². The fourth-order valence-corrected chi connectivity index (χ4v) is 2.21. The van der Waals surface area contributed by atoms with Gasteiger partial charge in [0.2, 0.25) is 0 Å². The number of carbonyl (C=O) groups is 1. The second kappa shape index (κ2) is 5.77. The average Bonchev–Trinajstić information content (AvgIpc) is 2.38. The van der Waals surface area contributed by atoms with Crippen LogP contribution in [-0.4, -0.2) is 35.5 Å². The van der Waals surface area contributed by atoms with Crippen molar-refractivity contribution in [2.24, 2.45) is 5.92 Å². The van der Waals surface area contributed by atoms with E-state index in [1.54, 1.807) is 6.20 Å². The van der Waals surface area contributed by atoms with Crippen molar-refractivity contribution in [3.63, 3.8) is 0 Å². The molecule has 2 rings (SSSR count). The van der Waals surface area contributed by atoms with Crippen LogP contribution < -0.4 is 5.11 Å². The third-order valence-electron chi connectivity index (χ3n) is 3.33. The maximum atomic E-state index is 10.7. The lowest BCUT2D eigenvalue weighted by atomic mass is 9.97. The van der Waals surface area contributed by atoms with Crippen LogP contribution >= 0.6 is 0 Å². The van der Waals surface area contributed by atoms with Gasteiger partial charge < -0.3 is 14.8 Å². The average molecular weight is 233 g/mol. The number of hydrogen-bond acceptors (Lipinski definition) is 4. The molecule has 2 heterocycles. The summed E-state index contributed by atoms with van der Waals surface area (Å²) in [6.07, 6.45) is 4.16. The van der Waals surface area contributed by atoms with Gasteiger partial charge in [-0.15, -0.1) is 0 Å². The summed E-state index contributed by atoms with van der Waals surface area (Å²) in [7, 11) is 0. The smallest absolute Gasteiger partial charge is 0.0446 e. The number of aliphatic carboxylic acids is 1. The van der Waals surface area contributed by atoms with Crippen LogP contribution in [0.25, 0.3) is 0 Å². The quantitative estimate of drug-likeness (QED) is 0.739. The molecule has 92 valence electrons. The minimum atomic E-state index is -0.894. The minimum Gasteiger partial charge on any atom is -0.550 e. The molecule has 4 heteroatoms. The van der Waals surface area contributed by atoms with E-state index in [2.05, 4.69) is 9.88 Å². The summed E-state index contributed by atoms with van der Waals surface area (Å²) >= 11 is 0. The van der Waals surface area contributed by atoms with Gasteiger partial charge in [-0.25, -0.2) is 0 Å². The number of likely N-dealkylation sites (tertiary alicyclic amines) is 1. The molecule has 0 atom stereocenters. The Morgan fingerprint density at radius 3 is 2.76 bits per heavy atom. The summed E-state index contributed by atoms with van der Waals surface area (Å²) < 4.78 is 0. The first-order valence-corrected chi connectivity index (χ1v) is 6.09. The maximum absolute atomic E-state index is 10.7. The second-order valence-electron chi connectivity index (χ2n) is 4.51. The van der Waals surface area contributed by atoms with E-state index >= 15 is 0 Å². The van der Waals surface area contributed by atoms with Gasteiger partial charge in [0.15, 0.2) is 0 Å². The van der Waals surface area contributed by atoms with Crippen molar-refractivity contribution in [1.29, 1.82) is 0 Å². The van der Waals surface area contributed by atoms with E-state index in [-0.39, 0.29) is 5.92 Å². The zero-order chi connectivity index (χ0) is 12.1. The van der Waals surface area contributed by atoms with Crippen LogP contribution in [0, 0.1) is 5.92 Å². The number of nitrogens with zero attached hydrogens (tertiary/aromatic N) is 2. The summed E-state index contributed by atoms with van der Waals surface area (Å²) in [5.41, 5.74) is 1.09. The Morgan fingerprint density at radius 2 is 2.18 bits per heavy atom. The molecule has 1 aromatic rings. The lowest BCUT2D eigenvalue weighted by molar-refractivity contribution is -0.312. The number of hydrogen-bond donors (Lipinski definition) is 0. The van der Waals surface area contributed by atoms with Crippen LogP contribution in [0.5, 0.6) is 0 Å². The molecule has 0 unspecified atom stereocenters. The fraction of sp³-hybridized carbons (Fsp3) is 0.538. The highest BCUT2D eigenvalue weighted by Gasteiger charge is 2.19. The van der Waals surface area contributed by atoms with Gasteiger partial charge in [0.1, 0.15) is 0 Å². The molecule has 0 amide bonds. The van der Waals surface area contributed by atoms with Gasteiger partial charge in [-0.3, -0.25) is 4.98 Å². The highest BCUT2D eigenvalue weighted by molar-refractivity contribution is 5.67. The number of pyridine rings is 1. The van der Waals surface area contributed by atoms with Crippen LogP contribution in [-0.2, 0) is 11.2 Å². The Morgan fingerprint density at radius 1 is 1.41 bits per heavy atom. The maximum Gasteiger partial charge on any atom is 0.0446 e. The number of piperidine rings is 1. The predicted molar refractivity (Wildman–Crippen MR) is 62.1 cm³/mol. The predicted octanol–water partition coefficient (Wildman–Crippen LogP) is 0.0860. The van der Waals surface area contributed by atoms with E-state index < -0.39 is 5.97 Å². The van der Waals surface area contributed by atoms with Crippen molar-refractivity contribution in [2.45, 2.75) is 19.3 Å². The molecule has 1 saturated heterocycles. The van der Waals surface area contributed by atoms with Crippen molar-refractivity contribution in [1.82, 2.24) is 9.88 Å². The van der Waals surface area contributed by atoms with Crippen molar-refractivity contribution in [2.75, 3.05) is 19.6 Å². The number of carboxylic acids is 1. The molecule has 1 aliphatic heterocycles. The highest BCUT2D eigenvalue weighted by atomic mass is 16.4. The lowest BCUT2D eigenvalue weighted by Crippen LogP contribution is -2.41. The first-order chi connectivity index (χ1) is 8.25. The summed E-state index contributed by atoms with van der Waals surface area (Å²) in [5.74, 6) is -1.14. The summed E-state index contributed by atoms with van der Waals surface area (Å²) in [5, 5.41) is 10.7. The van der Waals surface area contributed by atoms with Crippen molar-refractivity contribution in [3.8, 4) is 0 Å². The summed E-state index contributed by atoms with van der Waals surface area (Å²) in [4.78, 5) is 17.3. The molecule has 0 aromatic carbocycles. The van der Waals surface area contributed by atoms with Crippen molar-refractivity contribution in [3.05, 3.63) is 30.1 Å². The molecule has 0 spiro atoms. The van der Waals surface area contributed by atoms with E-state index in [1.165, 1.54) is 0 Å². The molecule has 4 nitrogen and oxygen atoms in total. The highest BCUT2D eigenvalue weighted by Crippen LogP contribution is 2.16. The number of rotatable bonds is 4. The van der Waals surface area contributed by atoms with Gasteiger partial charge in [0.25, 0.3) is 0 Å². The Balaban J connectivity index is 1.74. The van der Waals surface area contributed by atoms with Crippen LogP contribution in [0.1, 0.15) is 18.5 Å². The molecular weight excluding hydrogens is 216 g/mol. The molecule has 0 bridgehead atoms. The lowest BCUT2D eigenvalue weighted by Gasteiger charge is -2.32. The van der Waals surface area contributed by atoms with Gasteiger partial charge in [-0.2, -0.15) is 0 Å². The van der Waals surface area contributed by atoms with E-state index in [0.29, 0.717) is 12.8 Å². The number of carboxylic acid groups (broad SMARTS) is 1. The fourth-order valence-electron chi connectivity index (χ4n) is 2.21. The molecule has 0 radical (unpaired) electrons. The van der Waals surface area contributed by atoms with Crippen LogP contribution in [0.3, 0.4) is 0 Å². The van der Waals surface area contributed by atoms with E-state index in [1.807, 2.05) is 18.2 Å². The van der Waals surface area contributed by atoms with Gasteiger partial charge in [0.05, 0.1) is 0 Å².